The second-order valence-electron chi connectivity index (χ2n) is 1.96. The predicted molar refractivity (Wildman–Crippen MR) is 49.5 cm³/mol. The Labute approximate surface area is 81.6 Å². The number of rotatable bonds is 1. The molecule has 3 nitrogen and oxygen atoms in total. The van der Waals surface area contributed by atoms with Crippen molar-refractivity contribution in [3.05, 3.63) is 16.7 Å². The van der Waals surface area contributed by atoms with E-state index >= 15 is 0 Å². The average Bonchev–Trinajstić information content (AvgIpc) is 2.56. The van der Waals surface area contributed by atoms with Gasteiger partial charge in [0.05, 0.1) is 0 Å². The molecule has 0 aromatic carbocycles. The van der Waals surface area contributed by atoms with Crippen LogP contribution in [0.3, 0.4) is 0 Å². The Balaban J connectivity index is 2.69. The minimum absolute atomic E-state index is 0.397. The van der Waals surface area contributed by atoms with Gasteiger partial charge in [-0.15, -0.1) is 11.3 Å². The highest BCUT2D eigenvalue weighted by atomic mass is 35.5. The monoisotopic (exact) mass is 215 g/mol. The smallest absolute Gasteiger partial charge is 0.196 e. The number of halogens is 1. The lowest BCUT2D eigenvalue weighted by molar-refractivity contribution is 1.08. The first-order valence-corrected chi connectivity index (χ1v) is 5.07. The molecule has 60 valence electrons. The van der Waals surface area contributed by atoms with E-state index in [0.29, 0.717) is 10.2 Å². The van der Waals surface area contributed by atoms with Crippen molar-refractivity contribution in [1.29, 1.82) is 5.26 Å². The van der Waals surface area contributed by atoms with E-state index in [0.717, 1.165) is 16.7 Å². The van der Waals surface area contributed by atoms with E-state index < -0.39 is 0 Å². The molecule has 0 atom stereocenters. The predicted octanol–water partition coefficient (Wildman–Crippen LogP) is 2.62. The van der Waals surface area contributed by atoms with Gasteiger partial charge >= 0.3 is 0 Å². The number of hydrogen-bond acceptors (Lipinski definition) is 4. The average molecular weight is 216 g/mol. The molecule has 0 bridgehead atoms. The van der Waals surface area contributed by atoms with Crippen LogP contribution in [0.15, 0.2) is 16.6 Å². The summed E-state index contributed by atoms with van der Waals surface area (Å²) in [5.41, 5.74) is 0. The summed E-state index contributed by atoms with van der Waals surface area (Å²) in [5, 5.41) is 13.4. The Morgan fingerprint density at radius 3 is 3.33 bits per heavy atom. The normalized spacial score (nSPS) is 10.3. The number of thiazole rings is 1. The molecule has 2 aromatic heterocycles. The van der Waals surface area contributed by atoms with Crippen LogP contribution in [-0.2, 0) is 0 Å². The summed E-state index contributed by atoms with van der Waals surface area (Å²) in [6.07, 6.45) is 1.85. The molecule has 0 saturated heterocycles. The summed E-state index contributed by atoms with van der Waals surface area (Å²) < 4.78 is 1.81. The van der Waals surface area contributed by atoms with Crippen LogP contribution in [0.5, 0.6) is 0 Å². The Kier molecular flexibility index (Phi) is 1.97. The largest absolute Gasteiger partial charge is 0.283 e. The van der Waals surface area contributed by atoms with Gasteiger partial charge in [-0.2, -0.15) is 5.26 Å². The number of thiocyanates is 1. The van der Waals surface area contributed by atoms with Crippen LogP contribution in [0.25, 0.3) is 4.96 Å². The molecular formula is C6H2ClN3S2. The summed E-state index contributed by atoms with van der Waals surface area (Å²) in [6.45, 7) is 0. The number of imidazole rings is 1. The van der Waals surface area contributed by atoms with Crippen molar-refractivity contribution in [1.82, 2.24) is 9.38 Å². The minimum atomic E-state index is 0.397. The highest BCUT2D eigenvalue weighted by Gasteiger charge is 2.10. The van der Waals surface area contributed by atoms with Gasteiger partial charge in [-0.3, -0.25) is 4.40 Å². The van der Waals surface area contributed by atoms with Gasteiger partial charge in [-0.25, -0.2) is 4.98 Å². The lowest BCUT2D eigenvalue weighted by atomic mass is 10.9. The SMILES string of the molecule is N#CSc1c(Cl)nc2sccn12. The highest BCUT2D eigenvalue weighted by Crippen LogP contribution is 2.28. The van der Waals surface area contributed by atoms with Crippen molar-refractivity contribution in [2.24, 2.45) is 0 Å². The lowest BCUT2D eigenvalue weighted by Gasteiger charge is -1.88. The number of nitrogens with zero attached hydrogens (tertiary/aromatic N) is 3. The zero-order valence-electron chi connectivity index (χ0n) is 5.69. The molecule has 2 heterocycles. The summed E-state index contributed by atoms with van der Waals surface area (Å²) >= 11 is 8.31. The van der Waals surface area contributed by atoms with Crippen LogP contribution in [-0.4, -0.2) is 9.38 Å². The minimum Gasteiger partial charge on any atom is -0.283 e. The third-order valence-electron chi connectivity index (χ3n) is 1.32. The zero-order chi connectivity index (χ0) is 8.55. The number of nitriles is 1. The molecule has 0 unspecified atom stereocenters. The Morgan fingerprint density at radius 2 is 2.58 bits per heavy atom. The van der Waals surface area contributed by atoms with E-state index in [-0.39, 0.29) is 0 Å². The fraction of sp³-hybridized carbons (Fsp3) is 0. The van der Waals surface area contributed by atoms with E-state index in [4.69, 9.17) is 16.9 Å². The van der Waals surface area contributed by atoms with E-state index in [1.165, 1.54) is 11.3 Å². The van der Waals surface area contributed by atoms with Gasteiger partial charge in [0, 0.05) is 23.3 Å². The van der Waals surface area contributed by atoms with Crippen molar-refractivity contribution >= 4 is 39.7 Å². The van der Waals surface area contributed by atoms with Crippen LogP contribution in [0.1, 0.15) is 0 Å². The van der Waals surface area contributed by atoms with Gasteiger partial charge in [0.2, 0.25) is 0 Å². The highest BCUT2D eigenvalue weighted by molar-refractivity contribution is 8.03. The van der Waals surface area contributed by atoms with Crippen molar-refractivity contribution in [3.8, 4) is 5.40 Å². The molecule has 12 heavy (non-hydrogen) atoms. The topological polar surface area (TPSA) is 41.1 Å². The summed E-state index contributed by atoms with van der Waals surface area (Å²) in [6, 6.07) is 0. The maximum Gasteiger partial charge on any atom is 0.196 e. The second-order valence-corrected chi connectivity index (χ2v) is 3.96. The summed E-state index contributed by atoms with van der Waals surface area (Å²) in [4.78, 5) is 4.88. The van der Waals surface area contributed by atoms with Crippen LogP contribution in [0.2, 0.25) is 5.15 Å². The maximum absolute atomic E-state index is 8.48. The standard InChI is InChI=1S/C6H2ClN3S2/c7-4-5(12-3-8)10-1-2-11-6(10)9-4/h1-2H. The zero-order valence-corrected chi connectivity index (χ0v) is 8.08. The number of fused-ring (bicyclic) bond motifs is 1. The van der Waals surface area contributed by atoms with Crippen LogP contribution in [0.4, 0.5) is 0 Å². The maximum atomic E-state index is 8.48. The van der Waals surface area contributed by atoms with E-state index in [1.54, 1.807) is 4.40 Å². The molecule has 0 fully saturated rings. The molecule has 2 rings (SSSR count). The molecule has 0 saturated carbocycles. The van der Waals surface area contributed by atoms with Crippen LogP contribution in [0, 0.1) is 10.7 Å². The Morgan fingerprint density at radius 1 is 1.75 bits per heavy atom. The number of thioether (sulfide) groups is 1. The molecular weight excluding hydrogens is 214 g/mol. The first-order chi connectivity index (χ1) is 5.83. The lowest BCUT2D eigenvalue weighted by Crippen LogP contribution is -1.76. The summed E-state index contributed by atoms with van der Waals surface area (Å²) in [7, 11) is 0. The summed E-state index contributed by atoms with van der Waals surface area (Å²) in [5.74, 6) is 0. The van der Waals surface area contributed by atoms with Crippen molar-refractivity contribution < 1.29 is 0 Å². The molecule has 0 aliphatic rings. The quantitative estimate of drug-likeness (QED) is 0.543. The van der Waals surface area contributed by atoms with Crippen molar-refractivity contribution in [2.75, 3.05) is 0 Å². The fourth-order valence-corrected chi connectivity index (χ4v) is 2.44. The second kappa shape index (κ2) is 2.98. The third-order valence-corrected chi connectivity index (χ3v) is 3.13. The first-order valence-electron chi connectivity index (χ1n) is 3.00. The third kappa shape index (κ3) is 1.08. The van der Waals surface area contributed by atoms with Crippen LogP contribution >= 0.6 is 34.7 Å². The molecule has 0 amide bonds. The molecule has 0 N–H and O–H groups in total. The van der Waals surface area contributed by atoms with Gasteiger partial charge in [-0.1, -0.05) is 11.6 Å². The van der Waals surface area contributed by atoms with E-state index in [1.807, 2.05) is 17.0 Å². The van der Waals surface area contributed by atoms with Crippen molar-refractivity contribution in [3.63, 3.8) is 0 Å². The Bertz CT molecular complexity index is 453. The number of hydrogen-bond donors (Lipinski definition) is 0. The van der Waals surface area contributed by atoms with Gasteiger partial charge in [0.25, 0.3) is 0 Å². The van der Waals surface area contributed by atoms with Gasteiger partial charge in [0.1, 0.15) is 10.4 Å². The van der Waals surface area contributed by atoms with E-state index in [2.05, 4.69) is 4.98 Å². The molecule has 2 aromatic rings. The van der Waals surface area contributed by atoms with Gasteiger partial charge in [0.15, 0.2) is 10.1 Å². The molecule has 0 aliphatic heterocycles. The van der Waals surface area contributed by atoms with Crippen LogP contribution < -0.4 is 0 Å². The fourth-order valence-electron chi connectivity index (χ4n) is 0.873. The molecule has 0 radical (unpaired) electrons. The Hall–Kier alpha value is -0.700. The molecule has 0 spiro atoms. The molecule has 6 heteroatoms. The van der Waals surface area contributed by atoms with Gasteiger partial charge in [-0.05, 0) is 0 Å². The molecule has 0 aliphatic carbocycles. The first kappa shape index (κ1) is 7.92. The number of aromatic nitrogens is 2. The van der Waals surface area contributed by atoms with Crippen molar-refractivity contribution in [2.45, 2.75) is 5.03 Å². The van der Waals surface area contributed by atoms with E-state index in [9.17, 15) is 0 Å². The van der Waals surface area contributed by atoms with Gasteiger partial charge < -0.3 is 0 Å².